The molecule has 3 N–H and O–H groups in total. The van der Waals surface area contributed by atoms with Gasteiger partial charge < -0.3 is 5.84 Å². The van der Waals surface area contributed by atoms with E-state index in [-0.39, 0.29) is 0 Å². The molecule has 68 valence electrons. The molecule has 0 aromatic carbocycles. The van der Waals surface area contributed by atoms with Crippen molar-refractivity contribution < 1.29 is 0 Å². The highest BCUT2D eigenvalue weighted by atomic mass is 35.5. The van der Waals surface area contributed by atoms with Gasteiger partial charge in [-0.25, -0.2) is 9.77 Å². The Morgan fingerprint density at radius 2 is 2.38 bits per heavy atom. The lowest BCUT2D eigenvalue weighted by Crippen LogP contribution is -2.09. The zero-order valence-electron chi connectivity index (χ0n) is 6.32. The minimum absolute atomic E-state index is 0.388. The lowest BCUT2D eigenvalue weighted by molar-refractivity contribution is 0.986. The van der Waals surface area contributed by atoms with Crippen LogP contribution in [0.5, 0.6) is 0 Å². The van der Waals surface area contributed by atoms with Crippen molar-refractivity contribution in [2.24, 2.45) is 0 Å². The van der Waals surface area contributed by atoms with Gasteiger partial charge in [-0.3, -0.25) is 0 Å². The fourth-order valence-corrected chi connectivity index (χ4v) is 2.07. The average molecular weight is 233 g/mol. The molecule has 13 heavy (non-hydrogen) atoms. The summed E-state index contributed by atoms with van der Waals surface area (Å²) in [5.74, 6) is 6.23. The highest BCUT2D eigenvalue weighted by molar-refractivity contribution is 7.71. The number of hydrogen-bond donors (Lipinski definition) is 2. The van der Waals surface area contributed by atoms with Crippen LogP contribution in [0.2, 0.25) is 4.34 Å². The molecule has 7 heteroatoms. The largest absolute Gasteiger partial charge is 0.335 e. The van der Waals surface area contributed by atoms with E-state index in [0.29, 0.717) is 14.9 Å². The summed E-state index contributed by atoms with van der Waals surface area (Å²) in [7, 11) is 0. The molecule has 0 bridgehead atoms. The van der Waals surface area contributed by atoms with Gasteiger partial charge in [0.05, 0.1) is 9.21 Å². The van der Waals surface area contributed by atoms with E-state index in [1.807, 2.05) is 6.07 Å². The van der Waals surface area contributed by atoms with E-state index in [1.165, 1.54) is 16.0 Å². The smallest absolute Gasteiger partial charge is 0.214 e. The van der Waals surface area contributed by atoms with Crippen LogP contribution in [0.3, 0.4) is 0 Å². The summed E-state index contributed by atoms with van der Waals surface area (Å²) >= 11 is 12.1. The van der Waals surface area contributed by atoms with Crippen LogP contribution in [0.25, 0.3) is 10.7 Å². The molecule has 0 saturated carbocycles. The van der Waals surface area contributed by atoms with E-state index < -0.39 is 0 Å². The zero-order chi connectivity index (χ0) is 9.42. The monoisotopic (exact) mass is 232 g/mol. The van der Waals surface area contributed by atoms with Crippen molar-refractivity contribution in [3.63, 3.8) is 0 Å². The Balaban J connectivity index is 2.58. The first-order chi connectivity index (χ1) is 6.18. The number of thiophene rings is 1. The summed E-state index contributed by atoms with van der Waals surface area (Å²) < 4.78 is 2.40. The Kier molecular flexibility index (Phi) is 2.10. The highest BCUT2D eigenvalue weighted by Gasteiger charge is 2.08. The van der Waals surface area contributed by atoms with Crippen LogP contribution in [0.4, 0.5) is 0 Å². The van der Waals surface area contributed by atoms with E-state index in [4.69, 9.17) is 29.7 Å². The number of nitrogens with one attached hydrogen (secondary N) is 1. The van der Waals surface area contributed by atoms with Crippen molar-refractivity contribution in [3.8, 4) is 10.7 Å². The Bertz CT molecular complexity index is 483. The van der Waals surface area contributed by atoms with Crippen LogP contribution in [-0.2, 0) is 0 Å². The molecule has 2 rings (SSSR count). The van der Waals surface area contributed by atoms with Crippen LogP contribution < -0.4 is 5.84 Å². The summed E-state index contributed by atoms with van der Waals surface area (Å²) in [5.41, 5.74) is 0. The van der Waals surface area contributed by atoms with Crippen molar-refractivity contribution in [1.82, 2.24) is 14.9 Å². The predicted molar refractivity (Wildman–Crippen MR) is 55.9 cm³/mol. The first-order valence-corrected chi connectivity index (χ1v) is 4.97. The number of nitrogens with two attached hydrogens (primary N) is 1. The zero-order valence-corrected chi connectivity index (χ0v) is 8.71. The Labute approximate surface area is 87.9 Å². The molecule has 0 saturated heterocycles. The van der Waals surface area contributed by atoms with Gasteiger partial charge in [-0.15, -0.1) is 11.3 Å². The molecule has 0 atom stereocenters. The van der Waals surface area contributed by atoms with Gasteiger partial charge in [-0.2, -0.15) is 5.10 Å². The normalized spacial score (nSPS) is 10.5. The molecule has 0 aliphatic carbocycles. The topological polar surface area (TPSA) is 59.6 Å². The molecule has 0 fully saturated rings. The maximum absolute atomic E-state index is 5.77. The predicted octanol–water partition coefficient (Wildman–Crippen LogP) is 2.04. The van der Waals surface area contributed by atoms with Gasteiger partial charge in [0, 0.05) is 0 Å². The first kappa shape index (κ1) is 8.74. The van der Waals surface area contributed by atoms with Gasteiger partial charge in [0.25, 0.3) is 0 Å². The molecule has 0 aliphatic rings. The molecule has 2 aromatic rings. The molecule has 0 unspecified atom stereocenters. The molecular formula is C6H5ClN4S2. The SMILES string of the molecule is Nn1c(-c2ccc(Cl)s2)n[nH]c1=S. The van der Waals surface area contributed by atoms with Crippen molar-refractivity contribution in [2.45, 2.75) is 0 Å². The number of H-pyrrole nitrogens is 1. The summed E-state index contributed by atoms with van der Waals surface area (Å²) in [4.78, 5) is 0.889. The van der Waals surface area contributed by atoms with Gasteiger partial charge >= 0.3 is 0 Å². The molecule has 2 heterocycles. The third-order valence-electron chi connectivity index (χ3n) is 1.50. The van der Waals surface area contributed by atoms with E-state index in [0.717, 1.165) is 4.88 Å². The standard InChI is InChI=1S/C6H5ClN4S2/c7-4-2-1-3(13-4)5-9-10-6(12)11(5)8/h1-2H,8H2,(H,10,12). The third kappa shape index (κ3) is 1.48. The molecule has 4 nitrogen and oxygen atoms in total. The maximum atomic E-state index is 5.77. The summed E-state index contributed by atoms with van der Waals surface area (Å²) in [5, 5.41) is 6.57. The molecule has 0 spiro atoms. The maximum Gasteiger partial charge on any atom is 0.214 e. The Hall–Kier alpha value is -0.850. The number of nitrogens with zero attached hydrogens (tertiary/aromatic N) is 2. The number of halogens is 1. The summed E-state index contributed by atoms with van der Waals surface area (Å²) in [6.07, 6.45) is 0. The van der Waals surface area contributed by atoms with Crippen molar-refractivity contribution in [3.05, 3.63) is 21.2 Å². The minimum atomic E-state index is 0.388. The molecule has 2 aromatic heterocycles. The van der Waals surface area contributed by atoms with Crippen molar-refractivity contribution in [2.75, 3.05) is 5.84 Å². The van der Waals surface area contributed by atoms with E-state index >= 15 is 0 Å². The van der Waals surface area contributed by atoms with Crippen LogP contribution >= 0.6 is 35.2 Å². The number of rotatable bonds is 1. The van der Waals surface area contributed by atoms with Gasteiger partial charge in [-0.05, 0) is 24.4 Å². The van der Waals surface area contributed by atoms with Crippen LogP contribution in [0, 0.1) is 4.77 Å². The summed E-state index contributed by atoms with van der Waals surface area (Å²) in [6.45, 7) is 0. The third-order valence-corrected chi connectivity index (χ3v) is 3.01. The second kappa shape index (κ2) is 3.13. The molecule has 0 aliphatic heterocycles. The van der Waals surface area contributed by atoms with Crippen LogP contribution in [-0.4, -0.2) is 14.9 Å². The summed E-state index contributed by atoms with van der Waals surface area (Å²) in [6, 6.07) is 3.64. The molecule has 0 radical (unpaired) electrons. The quantitative estimate of drug-likeness (QED) is 0.584. The molecular weight excluding hydrogens is 228 g/mol. The fraction of sp³-hybridized carbons (Fsp3) is 0. The lowest BCUT2D eigenvalue weighted by Gasteiger charge is -1.94. The Morgan fingerprint density at radius 1 is 1.62 bits per heavy atom. The van der Waals surface area contributed by atoms with E-state index in [1.54, 1.807) is 6.07 Å². The second-order valence-electron chi connectivity index (χ2n) is 2.33. The Morgan fingerprint density at radius 3 is 2.85 bits per heavy atom. The number of nitrogen functional groups attached to an aromatic ring is 1. The van der Waals surface area contributed by atoms with Crippen molar-refractivity contribution >= 4 is 35.2 Å². The number of hydrogen-bond acceptors (Lipinski definition) is 4. The van der Waals surface area contributed by atoms with Gasteiger partial charge in [-0.1, -0.05) is 11.6 Å². The lowest BCUT2D eigenvalue weighted by atomic mass is 10.4. The van der Waals surface area contributed by atoms with Gasteiger partial charge in [0.15, 0.2) is 5.82 Å². The minimum Gasteiger partial charge on any atom is -0.335 e. The van der Waals surface area contributed by atoms with E-state index in [2.05, 4.69) is 10.2 Å². The van der Waals surface area contributed by atoms with Gasteiger partial charge in [0.2, 0.25) is 4.77 Å². The van der Waals surface area contributed by atoms with Gasteiger partial charge in [0.1, 0.15) is 0 Å². The average Bonchev–Trinajstić information content (AvgIpc) is 2.62. The fourth-order valence-electron chi connectivity index (χ4n) is 0.913. The molecule has 0 amide bonds. The van der Waals surface area contributed by atoms with Crippen LogP contribution in [0.1, 0.15) is 0 Å². The van der Waals surface area contributed by atoms with Crippen molar-refractivity contribution in [1.29, 1.82) is 0 Å². The van der Waals surface area contributed by atoms with E-state index in [9.17, 15) is 0 Å². The first-order valence-electron chi connectivity index (χ1n) is 3.36. The second-order valence-corrected chi connectivity index (χ2v) is 4.43. The van der Waals surface area contributed by atoms with Crippen LogP contribution in [0.15, 0.2) is 12.1 Å². The highest BCUT2D eigenvalue weighted by Crippen LogP contribution is 2.28. The number of aromatic nitrogens is 3. The number of aromatic amines is 1.